The Balaban J connectivity index is 1.46. The van der Waals surface area contributed by atoms with Crippen molar-refractivity contribution in [1.82, 2.24) is 10.3 Å². The number of hydrogen-bond acceptors (Lipinski definition) is 6. The number of nitrogens with one attached hydrogen (secondary N) is 1. The number of methoxy groups -OCH3 is 1. The van der Waals surface area contributed by atoms with Gasteiger partial charge in [-0.2, -0.15) is 8.78 Å². The summed E-state index contributed by atoms with van der Waals surface area (Å²) in [5, 5.41) is 3.79. The number of thioether (sulfide) groups is 1. The van der Waals surface area contributed by atoms with Crippen LogP contribution in [0.1, 0.15) is 10.6 Å². The molecule has 1 heterocycles. The van der Waals surface area contributed by atoms with Crippen LogP contribution in [0.5, 0.6) is 11.5 Å². The number of alkyl halides is 2. The second kappa shape index (κ2) is 9.70. The monoisotopic (exact) mass is 424 g/mol. The van der Waals surface area contributed by atoms with Gasteiger partial charge in [0.1, 0.15) is 5.01 Å². The molecule has 0 spiro atoms. The van der Waals surface area contributed by atoms with E-state index in [9.17, 15) is 13.6 Å². The molecule has 0 atom stereocenters. The molecule has 0 saturated carbocycles. The van der Waals surface area contributed by atoms with Gasteiger partial charge in [-0.25, -0.2) is 4.98 Å². The van der Waals surface area contributed by atoms with Crippen molar-refractivity contribution < 1.29 is 23.0 Å². The Kier molecular flexibility index (Phi) is 7.05. The van der Waals surface area contributed by atoms with Crippen LogP contribution in [-0.4, -0.2) is 30.4 Å². The Labute approximate surface area is 169 Å². The van der Waals surface area contributed by atoms with Crippen LogP contribution in [0.25, 0.3) is 10.2 Å². The van der Waals surface area contributed by atoms with Crippen molar-refractivity contribution in [2.75, 3.05) is 12.9 Å². The van der Waals surface area contributed by atoms with Crippen molar-refractivity contribution in [3.8, 4) is 11.5 Å². The third kappa shape index (κ3) is 5.56. The molecule has 0 fully saturated rings. The zero-order valence-corrected chi connectivity index (χ0v) is 16.6. The Morgan fingerprint density at radius 3 is 2.82 bits per heavy atom. The Morgan fingerprint density at radius 1 is 1.25 bits per heavy atom. The van der Waals surface area contributed by atoms with Crippen LogP contribution < -0.4 is 14.8 Å². The molecule has 0 aliphatic carbocycles. The van der Waals surface area contributed by atoms with E-state index in [1.165, 1.54) is 24.9 Å². The molecule has 1 amide bonds. The number of fused-ring (bicyclic) bond motifs is 1. The van der Waals surface area contributed by atoms with Gasteiger partial charge in [-0.15, -0.1) is 23.1 Å². The van der Waals surface area contributed by atoms with Crippen molar-refractivity contribution in [2.45, 2.75) is 18.9 Å². The van der Waals surface area contributed by atoms with Gasteiger partial charge in [0.05, 0.1) is 23.1 Å². The fourth-order valence-corrected chi connectivity index (χ4v) is 4.36. The van der Waals surface area contributed by atoms with E-state index in [2.05, 4.69) is 15.0 Å². The molecule has 2 aromatic carbocycles. The van der Waals surface area contributed by atoms with Crippen LogP contribution in [-0.2, 0) is 17.1 Å². The minimum Gasteiger partial charge on any atom is -0.493 e. The van der Waals surface area contributed by atoms with Crippen molar-refractivity contribution in [3.05, 3.63) is 53.0 Å². The molecule has 3 rings (SSSR count). The molecule has 1 N–H and O–H groups in total. The van der Waals surface area contributed by atoms with Crippen LogP contribution >= 0.6 is 23.1 Å². The van der Waals surface area contributed by atoms with Crippen LogP contribution in [0.2, 0.25) is 0 Å². The highest BCUT2D eigenvalue weighted by molar-refractivity contribution is 7.99. The molecule has 9 heteroatoms. The van der Waals surface area contributed by atoms with Gasteiger partial charge in [0.2, 0.25) is 5.91 Å². The number of carbonyl (C=O) groups excluding carboxylic acids is 1. The summed E-state index contributed by atoms with van der Waals surface area (Å²) in [4.78, 5) is 16.6. The van der Waals surface area contributed by atoms with Gasteiger partial charge in [0.25, 0.3) is 0 Å². The highest BCUT2D eigenvalue weighted by Gasteiger charge is 2.12. The van der Waals surface area contributed by atoms with Gasteiger partial charge >= 0.3 is 6.61 Å². The lowest BCUT2D eigenvalue weighted by Crippen LogP contribution is -2.24. The summed E-state index contributed by atoms with van der Waals surface area (Å²) in [6, 6.07) is 12.5. The molecule has 0 bridgehead atoms. The largest absolute Gasteiger partial charge is 0.493 e. The standard InChI is InChI=1S/C19H18F2N2O3S2/c1-25-15-8-12(6-7-14(15)26-19(20)21)9-22-17(24)10-27-11-18-23-13-4-2-3-5-16(13)28-18/h2-8,19H,9-11H2,1H3,(H,22,24). The summed E-state index contributed by atoms with van der Waals surface area (Å²) in [6.45, 7) is -2.65. The Bertz CT molecular complexity index is 917. The van der Waals surface area contributed by atoms with Crippen LogP contribution in [0, 0.1) is 0 Å². The lowest BCUT2D eigenvalue weighted by Gasteiger charge is -2.12. The number of benzene rings is 2. The molecule has 28 heavy (non-hydrogen) atoms. The fourth-order valence-electron chi connectivity index (χ4n) is 2.48. The third-order valence-electron chi connectivity index (χ3n) is 3.73. The second-order valence-corrected chi connectivity index (χ2v) is 7.81. The van der Waals surface area contributed by atoms with Crippen molar-refractivity contribution >= 4 is 39.2 Å². The number of nitrogens with zero attached hydrogens (tertiary/aromatic N) is 1. The maximum absolute atomic E-state index is 12.4. The van der Waals surface area contributed by atoms with E-state index in [4.69, 9.17) is 4.74 Å². The highest BCUT2D eigenvalue weighted by atomic mass is 32.2. The molecule has 0 aliphatic heterocycles. The molecule has 1 aromatic heterocycles. The maximum atomic E-state index is 12.4. The van der Waals surface area contributed by atoms with Crippen molar-refractivity contribution in [2.24, 2.45) is 0 Å². The van der Waals surface area contributed by atoms with E-state index < -0.39 is 6.61 Å². The first-order chi connectivity index (χ1) is 13.5. The summed E-state index contributed by atoms with van der Waals surface area (Å²) < 4.78 is 35.3. The highest BCUT2D eigenvalue weighted by Crippen LogP contribution is 2.29. The van der Waals surface area contributed by atoms with Gasteiger partial charge in [-0.3, -0.25) is 4.79 Å². The van der Waals surface area contributed by atoms with Crippen molar-refractivity contribution in [3.63, 3.8) is 0 Å². The number of para-hydroxylation sites is 1. The first-order valence-electron chi connectivity index (χ1n) is 8.36. The Hall–Kier alpha value is -2.39. The SMILES string of the molecule is COc1cc(CNC(=O)CSCc2nc3ccccc3s2)ccc1OC(F)F. The molecular weight excluding hydrogens is 406 g/mol. The lowest BCUT2D eigenvalue weighted by molar-refractivity contribution is -0.118. The van der Waals surface area contributed by atoms with Gasteiger partial charge < -0.3 is 14.8 Å². The molecule has 3 aromatic rings. The summed E-state index contributed by atoms with van der Waals surface area (Å²) in [7, 11) is 1.37. The molecule has 0 radical (unpaired) electrons. The topological polar surface area (TPSA) is 60.5 Å². The number of hydrogen-bond donors (Lipinski definition) is 1. The molecule has 0 aliphatic rings. The van der Waals surface area contributed by atoms with Crippen LogP contribution in [0.4, 0.5) is 8.78 Å². The summed E-state index contributed by atoms with van der Waals surface area (Å²) in [6.07, 6.45) is 0. The average Bonchev–Trinajstić information content (AvgIpc) is 3.09. The van der Waals surface area contributed by atoms with Gasteiger partial charge in [0, 0.05) is 12.3 Å². The number of carbonyl (C=O) groups is 1. The van der Waals surface area contributed by atoms with E-state index in [-0.39, 0.29) is 24.0 Å². The number of thiazole rings is 1. The van der Waals surface area contributed by atoms with E-state index in [0.717, 1.165) is 20.8 Å². The quantitative estimate of drug-likeness (QED) is 0.550. The molecule has 5 nitrogen and oxygen atoms in total. The minimum atomic E-state index is -2.92. The zero-order chi connectivity index (χ0) is 19.9. The summed E-state index contributed by atoms with van der Waals surface area (Å²) in [5.41, 5.74) is 1.70. The molecule has 148 valence electrons. The third-order valence-corrected chi connectivity index (χ3v) is 5.89. The maximum Gasteiger partial charge on any atom is 0.387 e. The number of rotatable bonds is 9. The van der Waals surface area contributed by atoms with E-state index in [1.54, 1.807) is 23.5 Å². The average molecular weight is 424 g/mol. The number of halogens is 2. The van der Waals surface area contributed by atoms with Gasteiger partial charge in [-0.1, -0.05) is 18.2 Å². The van der Waals surface area contributed by atoms with E-state index >= 15 is 0 Å². The van der Waals surface area contributed by atoms with E-state index in [1.807, 2.05) is 24.3 Å². The van der Waals surface area contributed by atoms with Crippen molar-refractivity contribution in [1.29, 1.82) is 0 Å². The Morgan fingerprint density at radius 2 is 2.07 bits per heavy atom. The first-order valence-corrected chi connectivity index (χ1v) is 10.3. The summed E-state index contributed by atoms with van der Waals surface area (Å²) in [5.74, 6) is 1.01. The minimum absolute atomic E-state index is 0.0426. The smallest absolute Gasteiger partial charge is 0.387 e. The summed E-state index contributed by atoms with van der Waals surface area (Å²) >= 11 is 3.12. The van der Waals surface area contributed by atoms with Gasteiger partial charge in [-0.05, 0) is 29.8 Å². The zero-order valence-electron chi connectivity index (χ0n) is 15.0. The number of aromatic nitrogens is 1. The fraction of sp³-hybridized carbons (Fsp3) is 0.263. The van der Waals surface area contributed by atoms with E-state index in [0.29, 0.717) is 11.5 Å². The predicted octanol–water partition coefficient (Wildman–Crippen LogP) is 4.46. The number of amides is 1. The lowest BCUT2D eigenvalue weighted by atomic mass is 10.2. The first kappa shape index (κ1) is 20.3. The molecule has 0 unspecified atom stereocenters. The predicted molar refractivity (Wildman–Crippen MR) is 107 cm³/mol. The molecule has 0 saturated heterocycles. The normalized spacial score (nSPS) is 11.0. The molecular formula is C19H18F2N2O3S2. The van der Waals surface area contributed by atoms with Gasteiger partial charge in [0.15, 0.2) is 11.5 Å². The van der Waals surface area contributed by atoms with Crippen LogP contribution in [0.3, 0.4) is 0 Å². The van der Waals surface area contributed by atoms with Crippen LogP contribution in [0.15, 0.2) is 42.5 Å². The second-order valence-electron chi connectivity index (χ2n) is 5.71. The number of ether oxygens (including phenoxy) is 2.